The third-order valence-electron chi connectivity index (χ3n) is 4.81. The molecule has 0 saturated heterocycles. The lowest BCUT2D eigenvalue weighted by atomic mass is 10.1. The Hall–Kier alpha value is -4.13. The molecule has 0 atom stereocenters. The van der Waals surface area contributed by atoms with Gasteiger partial charge in [-0.3, -0.25) is 9.78 Å². The Labute approximate surface area is 180 Å². The highest BCUT2D eigenvalue weighted by molar-refractivity contribution is 6.00. The van der Waals surface area contributed by atoms with E-state index in [9.17, 15) is 4.79 Å². The maximum Gasteiger partial charge on any atom is 0.255 e. The summed E-state index contributed by atoms with van der Waals surface area (Å²) < 4.78 is 12.5. The van der Waals surface area contributed by atoms with Gasteiger partial charge in [0.1, 0.15) is 5.69 Å². The van der Waals surface area contributed by atoms with Crippen molar-refractivity contribution in [3.8, 4) is 28.4 Å². The van der Waals surface area contributed by atoms with Gasteiger partial charge in [-0.1, -0.05) is 24.3 Å². The summed E-state index contributed by atoms with van der Waals surface area (Å²) in [5, 5.41) is 7.66. The van der Waals surface area contributed by atoms with Crippen molar-refractivity contribution in [2.45, 2.75) is 6.54 Å². The highest BCUT2D eigenvalue weighted by Gasteiger charge is 2.20. The predicted octanol–water partition coefficient (Wildman–Crippen LogP) is 3.88. The van der Waals surface area contributed by atoms with Crippen LogP contribution in [0.15, 0.2) is 79.3 Å². The number of methoxy groups -OCH3 is 2. The van der Waals surface area contributed by atoms with Crippen molar-refractivity contribution in [2.24, 2.45) is 0 Å². The van der Waals surface area contributed by atoms with Crippen molar-refractivity contribution in [3.05, 3.63) is 90.4 Å². The van der Waals surface area contributed by atoms with E-state index >= 15 is 0 Å². The van der Waals surface area contributed by atoms with Crippen molar-refractivity contribution >= 4 is 5.91 Å². The van der Waals surface area contributed by atoms with Crippen LogP contribution < -0.4 is 14.8 Å². The number of carbonyl (C=O) groups excluding carboxylic acids is 1. The minimum absolute atomic E-state index is 0.226. The van der Waals surface area contributed by atoms with Gasteiger partial charge in [0.2, 0.25) is 0 Å². The van der Waals surface area contributed by atoms with Crippen LogP contribution in [-0.4, -0.2) is 34.9 Å². The molecule has 1 amide bonds. The van der Waals surface area contributed by atoms with Crippen LogP contribution >= 0.6 is 0 Å². The molecule has 0 aliphatic rings. The van der Waals surface area contributed by atoms with Gasteiger partial charge in [0, 0.05) is 30.7 Å². The van der Waals surface area contributed by atoms with Crippen LogP contribution in [0.1, 0.15) is 15.9 Å². The number of para-hydroxylation sites is 1. The number of amides is 1. The summed E-state index contributed by atoms with van der Waals surface area (Å²) >= 11 is 0. The molecule has 0 fully saturated rings. The van der Waals surface area contributed by atoms with Crippen LogP contribution in [0, 0.1) is 0 Å². The van der Waals surface area contributed by atoms with Crippen molar-refractivity contribution in [3.63, 3.8) is 0 Å². The first-order valence-corrected chi connectivity index (χ1v) is 9.74. The number of nitrogens with one attached hydrogen (secondary N) is 1. The van der Waals surface area contributed by atoms with Gasteiger partial charge in [0.25, 0.3) is 5.91 Å². The van der Waals surface area contributed by atoms with Crippen LogP contribution in [0.25, 0.3) is 16.9 Å². The molecule has 7 heteroatoms. The fraction of sp³-hybridized carbons (Fsp3) is 0.125. The number of hydrogen-bond acceptors (Lipinski definition) is 5. The average molecular weight is 414 g/mol. The lowest BCUT2D eigenvalue weighted by Gasteiger charge is -2.09. The molecule has 2 aromatic heterocycles. The molecule has 0 aliphatic heterocycles. The maximum absolute atomic E-state index is 13.1. The smallest absolute Gasteiger partial charge is 0.255 e. The second-order valence-electron chi connectivity index (χ2n) is 6.79. The molecule has 0 saturated carbocycles. The van der Waals surface area contributed by atoms with Crippen LogP contribution in [0.3, 0.4) is 0 Å². The van der Waals surface area contributed by atoms with Crippen LogP contribution in [-0.2, 0) is 6.54 Å². The zero-order valence-electron chi connectivity index (χ0n) is 17.3. The summed E-state index contributed by atoms with van der Waals surface area (Å²) in [5.74, 6) is 0.947. The van der Waals surface area contributed by atoms with E-state index in [1.165, 1.54) is 0 Å². The summed E-state index contributed by atoms with van der Waals surface area (Å²) in [5.41, 5.74) is 3.53. The number of ether oxygens (including phenoxy) is 2. The molecule has 0 spiro atoms. The number of nitrogens with zero attached hydrogens (tertiary/aromatic N) is 3. The molecule has 0 radical (unpaired) electrons. The van der Waals surface area contributed by atoms with Gasteiger partial charge in [-0.15, -0.1) is 0 Å². The molecule has 0 aliphatic carbocycles. The lowest BCUT2D eigenvalue weighted by molar-refractivity contribution is 0.0951. The van der Waals surface area contributed by atoms with Crippen LogP contribution in [0.5, 0.6) is 11.5 Å². The Morgan fingerprint density at radius 3 is 2.52 bits per heavy atom. The fourth-order valence-electron chi connectivity index (χ4n) is 3.23. The van der Waals surface area contributed by atoms with Gasteiger partial charge in [-0.05, 0) is 42.0 Å². The third kappa shape index (κ3) is 4.40. The van der Waals surface area contributed by atoms with Gasteiger partial charge in [-0.25, -0.2) is 4.68 Å². The summed E-state index contributed by atoms with van der Waals surface area (Å²) in [4.78, 5) is 17.2. The Morgan fingerprint density at radius 2 is 1.81 bits per heavy atom. The molecule has 156 valence electrons. The van der Waals surface area contributed by atoms with Crippen LogP contribution in [0.4, 0.5) is 0 Å². The SMILES string of the molecule is COc1ccc(-c2nn(-c3ccccc3)cc2C(=O)NCc2cccnc2)cc1OC. The minimum atomic E-state index is -0.226. The molecule has 4 rings (SSSR count). The van der Waals surface area contributed by atoms with E-state index in [1.54, 1.807) is 43.6 Å². The van der Waals surface area contributed by atoms with Gasteiger partial charge in [0.15, 0.2) is 11.5 Å². The van der Waals surface area contributed by atoms with E-state index in [4.69, 9.17) is 14.6 Å². The van der Waals surface area contributed by atoms with E-state index < -0.39 is 0 Å². The van der Waals surface area contributed by atoms with Crippen LogP contribution in [0.2, 0.25) is 0 Å². The summed E-state index contributed by atoms with van der Waals surface area (Å²) in [6, 6.07) is 18.9. The Kier molecular flexibility index (Phi) is 5.93. The fourth-order valence-corrected chi connectivity index (χ4v) is 3.23. The minimum Gasteiger partial charge on any atom is -0.493 e. The molecular formula is C24H22N4O3. The van der Waals surface area contributed by atoms with Gasteiger partial charge >= 0.3 is 0 Å². The van der Waals surface area contributed by atoms with E-state index in [2.05, 4.69) is 10.3 Å². The molecule has 7 nitrogen and oxygen atoms in total. The first kappa shape index (κ1) is 20.2. The number of aromatic nitrogens is 3. The normalized spacial score (nSPS) is 10.5. The first-order chi connectivity index (χ1) is 15.2. The Bertz CT molecular complexity index is 1170. The lowest BCUT2D eigenvalue weighted by Crippen LogP contribution is -2.23. The zero-order chi connectivity index (χ0) is 21.6. The summed E-state index contributed by atoms with van der Waals surface area (Å²) in [6.07, 6.45) is 5.16. The molecule has 0 unspecified atom stereocenters. The quantitative estimate of drug-likeness (QED) is 0.497. The summed E-state index contributed by atoms with van der Waals surface area (Å²) in [6.45, 7) is 0.370. The molecule has 2 aromatic carbocycles. The second-order valence-corrected chi connectivity index (χ2v) is 6.79. The van der Waals surface area contributed by atoms with Crippen molar-refractivity contribution in [2.75, 3.05) is 14.2 Å². The number of hydrogen-bond donors (Lipinski definition) is 1. The second kappa shape index (κ2) is 9.13. The maximum atomic E-state index is 13.1. The monoisotopic (exact) mass is 414 g/mol. The van der Waals surface area contributed by atoms with Crippen molar-refractivity contribution in [1.82, 2.24) is 20.1 Å². The number of benzene rings is 2. The van der Waals surface area contributed by atoms with E-state index in [0.717, 1.165) is 16.8 Å². The van der Waals surface area contributed by atoms with E-state index in [-0.39, 0.29) is 5.91 Å². The van der Waals surface area contributed by atoms with Gasteiger partial charge in [-0.2, -0.15) is 5.10 Å². The van der Waals surface area contributed by atoms with Gasteiger partial charge in [0.05, 0.1) is 25.5 Å². The highest BCUT2D eigenvalue weighted by atomic mass is 16.5. The number of rotatable bonds is 7. The molecule has 31 heavy (non-hydrogen) atoms. The average Bonchev–Trinajstić information content (AvgIpc) is 3.29. The zero-order valence-corrected chi connectivity index (χ0v) is 17.3. The molecule has 4 aromatic rings. The Morgan fingerprint density at radius 1 is 1.00 bits per heavy atom. The highest BCUT2D eigenvalue weighted by Crippen LogP contribution is 2.33. The molecular weight excluding hydrogens is 392 g/mol. The standard InChI is InChI=1S/C24H22N4O3/c1-30-21-11-10-18(13-22(21)31-2)23-20(16-28(27-23)19-8-4-3-5-9-19)24(29)26-15-17-7-6-12-25-14-17/h3-14,16H,15H2,1-2H3,(H,26,29). The molecule has 0 bridgehead atoms. The summed E-state index contributed by atoms with van der Waals surface area (Å²) in [7, 11) is 3.16. The van der Waals surface area contributed by atoms with Crippen molar-refractivity contribution in [1.29, 1.82) is 0 Å². The van der Waals surface area contributed by atoms with E-state index in [1.807, 2.05) is 54.6 Å². The predicted molar refractivity (Wildman–Crippen MR) is 118 cm³/mol. The number of carbonyl (C=O) groups is 1. The van der Waals surface area contributed by atoms with E-state index in [0.29, 0.717) is 29.3 Å². The third-order valence-corrected chi connectivity index (χ3v) is 4.81. The number of pyridine rings is 1. The van der Waals surface area contributed by atoms with Crippen molar-refractivity contribution < 1.29 is 14.3 Å². The Balaban J connectivity index is 1.72. The first-order valence-electron chi connectivity index (χ1n) is 9.74. The van der Waals surface area contributed by atoms with Gasteiger partial charge < -0.3 is 14.8 Å². The largest absolute Gasteiger partial charge is 0.493 e. The topological polar surface area (TPSA) is 78.3 Å². The molecule has 1 N–H and O–H groups in total. The molecule has 2 heterocycles.